The number of imide groups is 1. The Balaban J connectivity index is 1.59. The van der Waals surface area contributed by atoms with Gasteiger partial charge >= 0.3 is 0 Å². The molecule has 5 nitrogen and oxygen atoms in total. The van der Waals surface area contributed by atoms with Crippen molar-refractivity contribution in [2.75, 3.05) is 6.61 Å². The second-order valence-electron chi connectivity index (χ2n) is 6.58. The highest BCUT2D eigenvalue weighted by atomic mass is 79.9. The lowest BCUT2D eigenvalue weighted by molar-refractivity contribution is -0.123. The van der Waals surface area contributed by atoms with Gasteiger partial charge in [-0.2, -0.15) is 5.26 Å². The number of benzene rings is 3. The highest BCUT2D eigenvalue weighted by Crippen LogP contribution is 2.36. The first kappa shape index (κ1) is 20.2. The fraction of sp³-hybridized carbons (Fsp3) is 0.0870. The monoisotopic (exact) mass is 478 g/mol. The molecule has 0 unspecified atom stereocenters. The Morgan fingerprint density at radius 2 is 1.87 bits per heavy atom. The number of thioether (sulfide) groups is 1. The Labute approximate surface area is 186 Å². The molecule has 0 N–H and O–H groups in total. The van der Waals surface area contributed by atoms with Crippen LogP contribution in [0.2, 0.25) is 0 Å². The number of carbonyl (C=O) groups is 2. The van der Waals surface area contributed by atoms with E-state index in [1.165, 1.54) is 4.90 Å². The summed E-state index contributed by atoms with van der Waals surface area (Å²) in [5.41, 5.74) is 1.51. The van der Waals surface area contributed by atoms with Crippen molar-refractivity contribution in [3.8, 4) is 11.8 Å². The molecule has 30 heavy (non-hydrogen) atoms. The molecule has 0 aliphatic carbocycles. The minimum atomic E-state index is -0.343. The molecule has 0 atom stereocenters. The van der Waals surface area contributed by atoms with Crippen molar-refractivity contribution in [1.82, 2.24) is 4.90 Å². The summed E-state index contributed by atoms with van der Waals surface area (Å²) in [6.45, 7) is 0.106. The van der Waals surface area contributed by atoms with Crippen molar-refractivity contribution >= 4 is 55.7 Å². The van der Waals surface area contributed by atoms with Crippen LogP contribution in [0, 0.1) is 11.3 Å². The van der Waals surface area contributed by atoms with Gasteiger partial charge in [-0.1, -0.05) is 52.3 Å². The van der Waals surface area contributed by atoms with E-state index in [9.17, 15) is 9.59 Å². The summed E-state index contributed by atoms with van der Waals surface area (Å²) in [5, 5.41) is 10.6. The van der Waals surface area contributed by atoms with Gasteiger partial charge in [-0.25, -0.2) is 0 Å². The molecule has 3 aromatic carbocycles. The summed E-state index contributed by atoms with van der Waals surface area (Å²) in [5.74, 6) is 0.130. The third-order valence-corrected chi connectivity index (χ3v) is 5.98. The van der Waals surface area contributed by atoms with E-state index in [1.54, 1.807) is 24.3 Å². The Kier molecular flexibility index (Phi) is 5.88. The molecule has 3 aromatic rings. The molecule has 1 saturated heterocycles. The van der Waals surface area contributed by atoms with E-state index < -0.39 is 0 Å². The first-order chi connectivity index (χ1) is 14.5. The van der Waals surface area contributed by atoms with Crippen LogP contribution in [0.3, 0.4) is 0 Å². The first-order valence-corrected chi connectivity index (χ1v) is 10.7. The largest absolute Gasteiger partial charge is 0.478 e. The van der Waals surface area contributed by atoms with Crippen LogP contribution in [0.5, 0.6) is 5.75 Å². The van der Waals surface area contributed by atoms with Gasteiger partial charge in [-0.15, -0.1) is 0 Å². The maximum atomic E-state index is 12.9. The molecule has 1 aliphatic rings. The smallest absolute Gasteiger partial charge is 0.293 e. The number of hydrogen-bond acceptors (Lipinski definition) is 5. The van der Waals surface area contributed by atoms with Crippen LogP contribution in [0.25, 0.3) is 16.8 Å². The molecular formula is C23H15BrN2O3S. The predicted molar refractivity (Wildman–Crippen MR) is 121 cm³/mol. The van der Waals surface area contributed by atoms with E-state index >= 15 is 0 Å². The second kappa shape index (κ2) is 8.74. The molecule has 148 valence electrons. The molecule has 0 spiro atoms. The lowest BCUT2D eigenvalue weighted by Crippen LogP contribution is -2.27. The van der Waals surface area contributed by atoms with E-state index in [0.29, 0.717) is 16.2 Å². The molecule has 2 amide bonds. The van der Waals surface area contributed by atoms with Crippen molar-refractivity contribution < 1.29 is 14.3 Å². The van der Waals surface area contributed by atoms with Crippen LogP contribution in [0.15, 0.2) is 70.0 Å². The van der Waals surface area contributed by atoms with Crippen LogP contribution in [0.1, 0.15) is 11.1 Å². The maximum Gasteiger partial charge on any atom is 0.293 e. The number of amides is 2. The summed E-state index contributed by atoms with van der Waals surface area (Å²) in [6.07, 6.45) is 1.63. The SMILES string of the molecule is N#CCOc1ccc(Br)cc1/C=C1\SC(=O)N(Cc2ccc3ccccc3c2)C1=O. The van der Waals surface area contributed by atoms with E-state index in [2.05, 4.69) is 15.9 Å². The Morgan fingerprint density at radius 3 is 2.67 bits per heavy atom. The topological polar surface area (TPSA) is 70.4 Å². The van der Waals surface area contributed by atoms with E-state index in [-0.39, 0.29) is 24.3 Å². The molecule has 0 bridgehead atoms. The lowest BCUT2D eigenvalue weighted by atomic mass is 10.1. The Bertz CT molecular complexity index is 1230. The first-order valence-electron chi connectivity index (χ1n) is 9.07. The van der Waals surface area contributed by atoms with E-state index in [0.717, 1.165) is 32.6 Å². The highest BCUT2D eigenvalue weighted by molar-refractivity contribution is 9.10. The van der Waals surface area contributed by atoms with Gasteiger partial charge in [0.15, 0.2) is 6.61 Å². The highest BCUT2D eigenvalue weighted by Gasteiger charge is 2.35. The number of nitrogens with zero attached hydrogens (tertiary/aromatic N) is 2. The fourth-order valence-electron chi connectivity index (χ4n) is 3.17. The number of halogens is 1. The van der Waals surface area contributed by atoms with Crippen molar-refractivity contribution in [2.45, 2.75) is 6.54 Å². The average Bonchev–Trinajstić information content (AvgIpc) is 3.00. The third-order valence-electron chi connectivity index (χ3n) is 4.58. The Morgan fingerprint density at radius 1 is 1.07 bits per heavy atom. The number of rotatable bonds is 5. The van der Waals surface area contributed by atoms with E-state index in [1.807, 2.05) is 48.5 Å². The quantitative estimate of drug-likeness (QED) is 0.437. The summed E-state index contributed by atoms with van der Waals surface area (Å²) in [4.78, 5) is 27.0. The minimum absolute atomic E-state index is 0.105. The van der Waals surface area contributed by atoms with Gasteiger partial charge < -0.3 is 4.74 Å². The molecule has 1 fully saturated rings. The molecule has 0 aromatic heterocycles. The normalized spacial score (nSPS) is 15.1. The van der Waals surface area contributed by atoms with Gasteiger partial charge in [0.2, 0.25) is 0 Å². The lowest BCUT2D eigenvalue weighted by Gasteiger charge is -2.13. The van der Waals surface area contributed by atoms with Gasteiger partial charge in [0, 0.05) is 10.0 Å². The van der Waals surface area contributed by atoms with Gasteiger partial charge in [0.1, 0.15) is 11.8 Å². The zero-order valence-electron chi connectivity index (χ0n) is 15.7. The molecule has 1 heterocycles. The van der Waals surface area contributed by atoms with Gasteiger partial charge in [-0.3, -0.25) is 14.5 Å². The fourth-order valence-corrected chi connectivity index (χ4v) is 4.38. The molecular weight excluding hydrogens is 464 g/mol. The zero-order chi connectivity index (χ0) is 21.1. The second-order valence-corrected chi connectivity index (χ2v) is 8.49. The molecule has 4 rings (SSSR count). The van der Waals surface area contributed by atoms with Crippen LogP contribution >= 0.6 is 27.7 Å². The number of fused-ring (bicyclic) bond motifs is 1. The van der Waals surface area contributed by atoms with Crippen LogP contribution in [-0.4, -0.2) is 22.7 Å². The van der Waals surface area contributed by atoms with Crippen LogP contribution < -0.4 is 4.74 Å². The molecule has 1 aliphatic heterocycles. The molecule has 7 heteroatoms. The Hall–Kier alpha value is -3.08. The maximum absolute atomic E-state index is 12.9. The van der Waals surface area contributed by atoms with Gasteiger partial charge in [-0.05, 0) is 58.4 Å². The van der Waals surface area contributed by atoms with Crippen LogP contribution in [-0.2, 0) is 11.3 Å². The number of ether oxygens (including phenoxy) is 1. The van der Waals surface area contributed by atoms with Gasteiger partial charge in [0.05, 0.1) is 11.4 Å². The summed E-state index contributed by atoms with van der Waals surface area (Å²) < 4.78 is 6.23. The van der Waals surface area contributed by atoms with Crippen molar-refractivity contribution in [2.24, 2.45) is 0 Å². The summed E-state index contributed by atoms with van der Waals surface area (Å²) in [7, 11) is 0. The van der Waals surface area contributed by atoms with Crippen LogP contribution in [0.4, 0.5) is 4.79 Å². The zero-order valence-corrected chi connectivity index (χ0v) is 18.1. The summed E-state index contributed by atoms with van der Waals surface area (Å²) >= 11 is 4.30. The number of nitriles is 1. The number of hydrogen-bond donors (Lipinski definition) is 0. The van der Waals surface area contributed by atoms with Crippen molar-refractivity contribution in [3.05, 3.63) is 81.2 Å². The third kappa shape index (κ3) is 4.25. The average molecular weight is 479 g/mol. The molecule has 0 radical (unpaired) electrons. The predicted octanol–water partition coefficient (Wildman–Crippen LogP) is 5.74. The van der Waals surface area contributed by atoms with Gasteiger partial charge in [0.25, 0.3) is 11.1 Å². The minimum Gasteiger partial charge on any atom is -0.478 e. The standard InChI is InChI=1S/C23H15BrN2O3S/c24-19-7-8-20(29-10-9-25)18(12-19)13-21-22(27)26(23(28)30-21)14-15-5-6-16-3-1-2-4-17(16)11-15/h1-8,11-13H,10,14H2/b21-13-. The summed E-state index contributed by atoms with van der Waals surface area (Å²) in [6, 6.07) is 21.1. The van der Waals surface area contributed by atoms with E-state index in [4.69, 9.17) is 10.00 Å². The van der Waals surface area contributed by atoms with Crippen molar-refractivity contribution in [1.29, 1.82) is 5.26 Å². The molecule has 0 saturated carbocycles. The number of carbonyl (C=O) groups excluding carboxylic acids is 2. The van der Waals surface area contributed by atoms with Crippen molar-refractivity contribution in [3.63, 3.8) is 0 Å².